The SMILES string of the molecule is CCCCC(C=O)c1cc(C#N)ccc1-c1ccc(O)cc1. The first-order valence-corrected chi connectivity index (χ1v) is 7.48. The first kappa shape index (κ1) is 15.8. The highest BCUT2D eigenvalue weighted by Gasteiger charge is 2.16. The van der Waals surface area contributed by atoms with Gasteiger partial charge in [0.15, 0.2) is 0 Å². The summed E-state index contributed by atoms with van der Waals surface area (Å²) in [5.41, 5.74) is 3.31. The smallest absolute Gasteiger partial charge is 0.127 e. The quantitative estimate of drug-likeness (QED) is 0.803. The van der Waals surface area contributed by atoms with Gasteiger partial charge in [0.05, 0.1) is 11.6 Å². The summed E-state index contributed by atoms with van der Waals surface area (Å²) in [6.45, 7) is 2.09. The van der Waals surface area contributed by atoms with Crippen LogP contribution < -0.4 is 0 Å². The highest BCUT2D eigenvalue weighted by atomic mass is 16.3. The molecule has 22 heavy (non-hydrogen) atoms. The van der Waals surface area contributed by atoms with E-state index in [4.69, 9.17) is 5.26 Å². The highest BCUT2D eigenvalue weighted by Crippen LogP contribution is 2.32. The molecular formula is C19H19NO2. The summed E-state index contributed by atoms with van der Waals surface area (Å²) < 4.78 is 0. The number of rotatable bonds is 6. The van der Waals surface area contributed by atoms with Crippen molar-refractivity contribution < 1.29 is 9.90 Å². The lowest BCUT2D eigenvalue weighted by molar-refractivity contribution is -0.109. The van der Waals surface area contributed by atoms with Gasteiger partial charge in [-0.15, -0.1) is 0 Å². The van der Waals surface area contributed by atoms with Gasteiger partial charge >= 0.3 is 0 Å². The molecule has 0 aliphatic carbocycles. The van der Waals surface area contributed by atoms with Gasteiger partial charge in [-0.05, 0) is 47.4 Å². The van der Waals surface area contributed by atoms with E-state index < -0.39 is 0 Å². The lowest BCUT2D eigenvalue weighted by Crippen LogP contribution is -2.03. The summed E-state index contributed by atoms with van der Waals surface area (Å²) in [4.78, 5) is 11.5. The molecule has 0 aromatic heterocycles. The molecule has 3 heteroatoms. The molecule has 0 bridgehead atoms. The number of nitriles is 1. The number of nitrogens with zero attached hydrogens (tertiary/aromatic N) is 1. The summed E-state index contributed by atoms with van der Waals surface area (Å²) in [7, 11) is 0. The van der Waals surface area contributed by atoms with Crippen molar-refractivity contribution in [3.05, 3.63) is 53.6 Å². The van der Waals surface area contributed by atoms with Gasteiger partial charge < -0.3 is 9.90 Å². The van der Waals surface area contributed by atoms with E-state index in [0.717, 1.165) is 42.2 Å². The number of carbonyl (C=O) groups excluding carboxylic acids is 1. The lowest BCUT2D eigenvalue weighted by Gasteiger charge is -2.16. The van der Waals surface area contributed by atoms with Crippen LogP contribution in [0.1, 0.15) is 43.2 Å². The molecular weight excluding hydrogens is 274 g/mol. The zero-order valence-corrected chi connectivity index (χ0v) is 12.6. The monoisotopic (exact) mass is 293 g/mol. The Balaban J connectivity index is 2.51. The fourth-order valence-corrected chi connectivity index (χ4v) is 2.56. The Morgan fingerprint density at radius 1 is 1.23 bits per heavy atom. The molecule has 3 nitrogen and oxygen atoms in total. The Morgan fingerprint density at radius 3 is 2.55 bits per heavy atom. The second-order valence-corrected chi connectivity index (χ2v) is 5.35. The Morgan fingerprint density at radius 2 is 1.95 bits per heavy atom. The number of hydrogen-bond acceptors (Lipinski definition) is 3. The normalized spacial score (nSPS) is 11.6. The second-order valence-electron chi connectivity index (χ2n) is 5.35. The van der Waals surface area contributed by atoms with Crippen molar-refractivity contribution in [2.24, 2.45) is 0 Å². The van der Waals surface area contributed by atoms with Gasteiger partial charge in [-0.25, -0.2) is 0 Å². The van der Waals surface area contributed by atoms with Crippen LogP contribution >= 0.6 is 0 Å². The molecule has 2 rings (SSSR count). The minimum absolute atomic E-state index is 0.205. The average Bonchev–Trinajstić information content (AvgIpc) is 2.56. The number of hydrogen-bond donors (Lipinski definition) is 1. The summed E-state index contributed by atoms with van der Waals surface area (Å²) in [5.74, 6) is -0.00563. The Kier molecular flexibility index (Phi) is 5.32. The third kappa shape index (κ3) is 3.53. The number of unbranched alkanes of at least 4 members (excludes halogenated alkanes) is 1. The molecule has 0 saturated heterocycles. The van der Waals surface area contributed by atoms with E-state index in [1.165, 1.54) is 0 Å². The minimum Gasteiger partial charge on any atom is -0.508 e. The Labute approximate surface area is 130 Å². The molecule has 1 atom stereocenters. The van der Waals surface area contributed by atoms with Crippen molar-refractivity contribution in [3.8, 4) is 22.9 Å². The fourth-order valence-electron chi connectivity index (χ4n) is 2.56. The van der Waals surface area contributed by atoms with Crippen LogP contribution in [0.3, 0.4) is 0 Å². The molecule has 1 N–H and O–H groups in total. The molecule has 0 saturated carbocycles. The number of phenols is 1. The largest absolute Gasteiger partial charge is 0.508 e. The van der Waals surface area contributed by atoms with Gasteiger partial charge in [0.1, 0.15) is 12.0 Å². The predicted octanol–water partition coefficient (Wildman–Crippen LogP) is 4.40. The molecule has 0 spiro atoms. The Hall–Kier alpha value is -2.60. The molecule has 1 unspecified atom stereocenters. The van der Waals surface area contributed by atoms with Gasteiger partial charge in [0.25, 0.3) is 0 Å². The Bertz CT molecular complexity index is 684. The van der Waals surface area contributed by atoms with E-state index in [1.807, 2.05) is 18.2 Å². The summed E-state index contributed by atoms with van der Waals surface area (Å²) >= 11 is 0. The topological polar surface area (TPSA) is 61.1 Å². The van der Waals surface area contributed by atoms with Crippen LogP contribution in [-0.4, -0.2) is 11.4 Å². The summed E-state index contributed by atoms with van der Waals surface area (Å²) in [6.07, 6.45) is 3.74. The van der Waals surface area contributed by atoms with Crippen LogP contribution in [-0.2, 0) is 4.79 Å². The van der Waals surface area contributed by atoms with E-state index in [2.05, 4.69) is 13.0 Å². The van der Waals surface area contributed by atoms with Crippen LogP contribution in [0.25, 0.3) is 11.1 Å². The maximum Gasteiger partial charge on any atom is 0.127 e. The number of aromatic hydroxyl groups is 1. The zero-order valence-electron chi connectivity index (χ0n) is 12.6. The van der Waals surface area contributed by atoms with Crippen LogP contribution in [0.2, 0.25) is 0 Å². The van der Waals surface area contributed by atoms with Crippen molar-refractivity contribution in [3.63, 3.8) is 0 Å². The molecule has 0 heterocycles. The summed E-state index contributed by atoms with van der Waals surface area (Å²) in [5, 5.41) is 18.5. The van der Waals surface area contributed by atoms with Crippen molar-refractivity contribution in [1.82, 2.24) is 0 Å². The fraction of sp³-hybridized carbons (Fsp3) is 0.263. The molecule has 2 aromatic carbocycles. The van der Waals surface area contributed by atoms with Crippen molar-refractivity contribution in [2.75, 3.05) is 0 Å². The van der Waals surface area contributed by atoms with Crippen molar-refractivity contribution in [1.29, 1.82) is 5.26 Å². The molecule has 2 aromatic rings. The predicted molar refractivity (Wildman–Crippen MR) is 86.6 cm³/mol. The maximum absolute atomic E-state index is 11.5. The zero-order chi connectivity index (χ0) is 15.9. The van der Waals surface area contributed by atoms with Gasteiger partial charge in [-0.3, -0.25) is 0 Å². The number of phenolic OH excluding ortho intramolecular Hbond substituents is 1. The van der Waals surface area contributed by atoms with Gasteiger partial charge in [-0.2, -0.15) is 5.26 Å². The molecule has 0 amide bonds. The summed E-state index contributed by atoms with van der Waals surface area (Å²) in [6, 6.07) is 14.5. The molecule has 0 radical (unpaired) electrons. The molecule has 0 aliphatic rings. The van der Waals surface area contributed by atoms with Crippen LogP contribution in [0.5, 0.6) is 5.75 Å². The van der Waals surface area contributed by atoms with Gasteiger partial charge in [0.2, 0.25) is 0 Å². The number of aldehydes is 1. The van der Waals surface area contributed by atoms with E-state index in [9.17, 15) is 9.90 Å². The van der Waals surface area contributed by atoms with E-state index in [0.29, 0.717) is 5.56 Å². The second kappa shape index (κ2) is 7.42. The van der Waals surface area contributed by atoms with E-state index in [-0.39, 0.29) is 11.7 Å². The first-order valence-electron chi connectivity index (χ1n) is 7.48. The van der Waals surface area contributed by atoms with Gasteiger partial charge in [0, 0.05) is 5.92 Å². The van der Waals surface area contributed by atoms with Crippen molar-refractivity contribution in [2.45, 2.75) is 32.1 Å². The van der Waals surface area contributed by atoms with E-state index in [1.54, 1.807) is 24.3 Å². The first-order chi connectivity index (χ1) is 10.7. The molecule has 112 valence electrons. The average molecular weight is 293 g/mol. The standard InChI is InChI=1S/C19H19NO2/c1-2-3-4-16(13-21)19-11-14(12-20)5-10-18(19)15-6-8-17(22)9-7-15/h5-11,13,16,22H,2-4H2,1H3. The third-order valence-corrected chi connectivity index (χ3v) is 3.79. The van der Waals surface area contributed by atoms with Gasteiger partial charge in [-0.1, -0.05) is 38.0 Å². The van der Waals surface area contributed by atoms with Crippen LogP contribution in [0.15, 0.2) is 42.5 Å². The maximum atomic E-state index is 11.5. The third-order valence-electron chi connectivity index (χ3n) is 3.79. The number of carbonyl (C=O) groups is 1. The highest BCUT2D eigenvalue weighted by molar-refractivity contribution is 5.75. The lowest BCUT2D eigenvalue weighted by atomic mass is 9.87. The van der Waals surface area contributed by atoms with Crippen LogP contribution in [0, 0.1) is 11.3 Å². The van der Waals surface area contributed by atoms with Crippen molar-refractivity contribution >= 4 is 6.29 Å². The minimum atomic E-state index is -0.211. The number of benzene rings is 2. The van der Waals surface area contributed by atoms with E-state index >= 15 is 0 Å². The van der Waals surface area contributed by atoms with Crippen LogP contribution in [0.4, 0.5) is 0 Å². The molecule has 0 fully saturated rings. The molecule has 0 aliphatic heterocycles.